The van der Waals surface area contributed by atoms with Gasteiger partial charge in [-0.15, -0.1) is 0 Å². The summed E-state index contributed by atoms with van der Waals surface area (Å²) < 4.78 is 1.02. The number of rotatable bonds is 6. The van der Waals surface area contributed by atoms with E-state index in [1.807, 2.05) is 13.8 Å². The molecule has 2 N–H and O–H groups in total. The zero-order valence-electron chi connectivity index (χ0n) is 13.3. The van der Waals surface area contributed by atoms with Crippen LogP contribution in [-0.2, 0) is 22.6 Å². The minimum Gasteiger partial charge on any atom is -0.368 e. The van der Waals surface area contributed by atoms with Gasteiger partial charge in [-0.05, 0) is 19.9 Å². The van der Waals surface area contributed by atoms with Crippen LogP contribution in [0.1, 0.15) is 19.5 Å². The average molecular weight is 316 g/mol. The van der Waals surface area contributed by atoms with Crippen LogP contribution < -0.4 is 11.3 Å². The van der Waals surface area contributed by atoms with Crippen LogP contribution >= 0.6 is 0 Å². The lowest BCUT2D eigenvalue weighted by atomic mass is 10.1. The summed E-state index contributed by atoms with van der Waals surface area (Å²) >= 11 is 0. The van der Waals surface area contributed by atoms with Crippen molar-refractivity contribution >= 4 is 22.6 Å². The van der Waals surface area contributed by atoms with Crippen LogP contribution in [-0.4, -0.2) is 39.6 Å². The second-order valence-electron chi connectivity index (χ2n) is 5.16. The normalized spacial score (nSPS) is 10.7. The van der Waals surface area contributed by atoms with Gasteiger partial charge in [0.2, 0.25) is 11.8 Å². The van der Waals surface area contributed by atoms with Crippen LogP contribution in [0.2, 0.25) is 0 Å². The van der Waals surface area contributed by atoms with E-state index in [2.05, 4.69) is 5.10 Å². The van der Waals surface area contributed by atoms with Crippen molar-refractivity contribution < 1.29 is 9.59 Å². The van der Waals surface area contributed by atoms with Crippen LogP contribution in [0.25, 0.3) is 10.8 Å². The number of hydrogen-bond acceptors (Lipinski definition) is 4. The number of carbonyl (C=O) groups excluding carboxylic acids is 2. The molecular formula is C16H20N4O3. The first kappa shape index (κ1) is 16.7. The largest absolute Gasteiger partial charge is 0.368 e. The van der Waals surface area contributed by atoms with E-state index in [0.717, 1.165) is 4.68 Å². The van der Waals surface area contributed by atoms with Gasteiger partial charge in [-0.1, -0.05) is 18.2 Å². The summed E-state index contributed by atoms with van der Waals surface area (Å²) in [4.78, 5) is 37.5. The first-order valence-electron chi connectivity index (χ1n) is 7.52. The Morgan fingerprint density at radius 2 is 1.78 bits per heavy atom. The van der Waals surface area contributed by atoms with Crippen molar-refractivity contribution in [2.24, 2.45) is 5.73 Å². The van der Waals surface area contributed by atoms with Gasteiger partial charge in [0.1, 0.15) is 6.54 Å². The van der Waals surface area contributed by atoms with Crippen molar-refractivity contribution in [3.63, 3.8) is 0 Å². The highest BCUT2D eigenvalue weighted by Crippen LogP contribution is 2.14. The highest BCUT2D eigenvalue weighted by molar-refractivity contribution is 5.88. The number of amides is 2. The molecule has 7 heteroatoms. The van der Waals surface area contributed by atoms with Gasteiger partial charge >= 0.3 is 0 Å². The second kappa shape index (κ2) is 7.04. The first-order chi connectivity index (χ1) is 11.0. The summed E-state index contributed by atoms with van der Waals surface area (Å²) in [6.45, 7) is 4.71. The Labute approximate surface area is 133 Å². The standard InChI is InChI=1S/C16H20N4O3/c1-3-19(4-2)15(22)9-13-11-7-5-6-8-12(11)16(23)20(18-13)10-14(17)21/h5-8H,3-4,9-10H2,1-2H3,(H2,17,21). The maximum atomic E-state index is 12.3. The Bertz CT molecular complexity index is 794. The zero-order chi connectivity index (χ0) is 17.0. The van der Waals surface area contributed by atoms with Gasteiger partial charge in [-0.3, -0.25) is 14.4 Å². The Morgan fingerprint density at radius 1 is 1.17 bits per heavy atom. The van der Waals surface area contributed by atoms with E-state index in [1.165, 1.54) is 0 Å². The fourth-order valence-electron chi connectivity index (χ4n) is 2.52. The summed E-state index contributed by atoms with van der Waals surface area (Å²) in [6, 6.07) is 6.92. The van der Waals surface area contributed by atoms with Crippen molar-refractivity contribution in [2.75, 3.05) is 13.1 Å². The van der Waals surface area contributed by atoms with Crippen LogP contribution in [0.3, 0.4) is 0 Å². The fraction of sp³-hybridized carbons (Fsp3) is 0.375. The highest BCUT2D eigenvalue weighted by Gasteiger charge is 2.17. The van der Waals surface area contributed by atoms with E-state index in [0.29, 0.717) is 29.6 Å². The quantitative estimate of drug-likeness (QED) is 0.828. The minimum atomic E-state index is -0.657. The summed E-state index contributed by atoms with van der Waals surface area (Å²) in [7, 11) is 0. The van der Waals surface area contributed by atoms with Gasteiger partial charge in [0.25, 0.3) is 5.56 Å². The smallest absolute Gasteiger partial charge is 0.275 e. The molecule has 1 aromatic heterocycles. The predicted molar refractivity (Wildman–Crippen MR) is 86.8 cm³/mol. The van der Waals surface area contributed by atoms with E-state index < -0.39 is 11.5 Å². The Hall–Kier alpha value is -2.70. The van der Waals surface area contributed by atoms with E-state index in [9.17, 15) is 14.4 Å². The van der Waals surface area contributed by atoms with Crippen molar-refractivity contribution in [1.82, 2.24) is 14.7 Å². The van der Waals surface area contributed by atoms with Gasteiger partial charge in [-0.2, -0.15) is 5.10 Å². The molecule has 0 fully saturated rings. The third-order valence-corrected chi connectivity index (χ3v) is 3.68. The summed E-state index contributed by atoms with van der Waals surface area (Å²) in [5, 5.41) is 5.23. The summed E-state index contributed by atoms with van der Waals surface area (Å²) in [6.07, 6.45) is 0.0707. The lowest BCUT2D eigenvalue weighted by molar-refractivity contribution is -0.130. The molecule has 0 aliphatic heterocycles. The summed E-state index contributed by atoms with van der Waals surface area (Å²) in [5.41, 5.74) is 5.25. The predicted octanol–water partition coefficient (Wildman–Crippen LogP) is 0.293. The number of nitrogens with zero attached hydrogens (tertiary/aromatic N) is 3. The molecule has 1 aromatic carbocycles. The minimum absolute atomic E-state index is 0.0707. The third kappa shape index (κ3) is 3.56. The molecule has 1 heterocycles. The van der Waals surface area contributed by atoms with Gasteiger partial charge in [-0.25, -0.2) is 4.68 Å². The second-order valence-corrected chi connectivity index (χ2v) is 5.16. The van der Waals surface area contributed by atoms with E-state index in [1.54, 1.807) is 29.2 Å². The van der Waals surface area contributed by atoms with Crippen molar-refractivity contribution in [3.05, 3.63) is 40.3 Å². The summed E-state index contributed by atoms with van der Waals surface area (Å²) in [5.74, 6) is -0.729. The lowest BCUT2D eigenvalue weighted by Crippen LogP contribution is -2.34. The molecule has 0 aliphatic rings. The Balaban J connectivity index is 2.53. The van der Waals surface area contributed by atoms with Crippen LogP contribution in [0.15, 0.2) is 29.1 Å². The average Bonchev–Trinajstić information content (AvgIpc) is 2.52. The number of likely N-dealkylation sites (N-methyl/N-ethyl adjacent to an activating group) is 1. The van der Waals surface area contributed by atoms with Crippen LogP contribution in [0.4, 0.5) is 0 Å². The lowest BCUT2D eigenvalue weighted by Gasteiger charge is -2.19. The molecule has 0 unspecified atom stereocenters. The molecule has 0 aliphatic carbocycles. The number of benzene rings is 1. The van der Waals surface area contributed by atoms with Crippen molar-refractivity contribution in [1.29, 1.82) is 0 Å². The van der Waals surface area contributed by atoms with E-state index >= 15 is 0 Å². The molecule has 0 spiro atoms. The highest BCUT2D eigenvalue weighted by atomic mass is 16.2. The molecule has 7 nitrogen and oxygen atoms in total. The number of primary amides is 1. The number of carbonyl (C=O) groups is 2. The van der Waals surface area contributed by atoms with Gasteiger partial charge in [0, 0.05) is 18.5 Å². The molecule has 0 atom stereocenters. The molecule has 2 rings (SSSR count). The molecule has 2 amide bonds. The fourth-order valence-corrected chi connectivity index (χ4v) is 2.52. The monoisotopic (exact) mass is 316 g/mol. The molecule has 122 valence electrons. The van der Waals surface area contributed by atoms with Gasteiger partial charge in [0.15, 0.2) is 0 Å². The number of nitrogens with two attached hydrogens (primary N) is 1. The van der Waals surface area contributed by atoms with Crippen molar-refractivity contribution in [2.45, 2.75) is 26.8 Å². The molecule has 0 radical (unpaired) electrons. The zero-order valence-corrected chi connectivity index (χ0v) is 13.3. The van der Waals surface area contributed by atoms with Crippen molar-refractivity contribution in [3.8, 4) is 0 Å². The maximum Gasteiger partial charge on any atom is 0.275 e. The number of aromatic nitrogens is 2. The SMILES string of the molecule is CCN(CC)C(=O)Cc1nn(CC(N)=O)c(=O)c2ccccc12. The first-order valence-corrected chi connectivity index (χ1v) is 7.52. The molecule has 23 heavy (non-hydrogen) atoms. The molecule has 0 bridgehead atoms. The third-order valence-electron chi connectivity index (χ3n) is 3.68. The van der Waals surface area contributed by atoms with Gasteiger partial charge < -0.3 is 10.6 Å². The van der Waals surface area contributed by atoms with E-state index in [4.69, 9.17) is 5.73 Å². The Kier molecular flexibility index (Phi) is 5.10. The molecule has 0 saturated heterocycles. The number of fused-ring (bicyclic) bond motifs is 1. The molecular weight excluding hydrogens is 296 g/mol. The Morgan fingerprint density at radius 3 is 2.35 bits per heavy atom. The van der Waals surface area contributed by atoms with Crippen LogP contribution in [0.5, 0.6) is 0 Å². The topological polar surface area (TPSA) is 98.3 Å². The van der Waals surface area contributed by atoms with Crippen LogP contribution in [0, 0.1) is 0 Å². The van der Waals surface area contributed by atoms with Gasteiger partial charge in [0.05, 0.1) is 17.5 Å². The maximum absolute atomic E-state index is 12.3. The molecule has 0 saturated carbocycles. The van der Waals surface area contributed by atoms with E-state index in [-0.39, 0.29) is 18.9 Å². The molecule has 2 aromatic rings. The number of hydrogen-bond donors (Lipinski definition) is 1.